The molecule has 2 aromatic carbocycles. The largest absolute Gasteiger partial charge is 0.338 e. The third-order valence-electron chi connectivity index (χ3n) is 5.00. The standard InChI is InChI=1S/C23H30N4O2/c1-26(2)16-20-9-5-18(6-10-20)14-24-23(29)25-15-19-7-11-21(12-8-19)17-27-13-3-4-22(27)28/h5-12H,3-4,13-17H2,1-2H3,(H2,24,25,29). The number of nitrogens with zero attached hydrogens (tertiary/aromatic N) is 2. The second-order valence-corrected chi connectivity index (χ2v) is 7.83. The Labute approximate surface area is 172 Å². The van der Waals surface area contributed by atoms with Gasteiger partial charge < -0.3 is 20.4 Å². The van der Waals surface area contributed by atoms with E-state index < -0.39 is 0 Å². The van der Waals surface area contributed by atoms with Crippen LogP contribution in [0, 0.1) is 0 Å². The van der Waals surface area contributed by atoms with Crippen molar-refractivity contribution in [2.45, 2.75) is 39.0 Å². The van der Waals surface area contributed by atoms with Gasteiger partial charge in [0.2, 0.25) is 5.91 Å². The SMILES string of the molecule is CN(C)Cc1ccc(CNC(=O)NCc2ccc(CN3CCCC3=O)cc2)cc1. The zero-order chi connectivity index (χ0) is 20.6. The van der Waals surface area contributed by atoms with Crippen LogP contribution in [0.1, 0.15) is 35.1 Å². The van der Waals surface area contributed by atoms with E-state index in [1.165, 1.54) is 5.56 Å². The lowest BCUT2D eigenvalue weighted by Gasteiger charge is -2.15. The van der Waals surface area contributed by atoms with E-state index in [1.54, 1.807) is 0 Å². The Kier molecular flexibility index (Phi) is 7.25. The molecule has 0 unspecified atom stereocenters. The van der Waals surface area contributed by atoms with Crippen molar-refractivity contribution >= 4 is 11.9 Å². The Balaban J connectivity index is 1.39. The molecule has 1 aliphatic rings. The molecule has 0 bridgehead atoms. The third kappa shape index (κ3) is 6.61. The molecule has 0 aliphatic carbocycles. The summed E-state index contributed by atoms with van der Waals surface area (Å²) < 4.78 is 0. The van der Waals surface area contributed by atoms with Gasteiger partial charge in [0.15, 0.2) is 0 Å². The molecule has 0 aromatic heterocycles. The van der Waals surface area contributed by atoms with Crippen LogP contribution in [0.15, 0.2) is 48.5 Å². The summed E-state index contributed by atoms with van der Waals surface area (Å²) in [6.07, 6.45) is 1.62. The minimum Gasteiger partial charge on any atom is -0.338 e. The van der Waals surface area contributed by atoms with Crippen LogP contribution >= 0.6 is 0 Å². The molecule has 0 atom stereocenters. The summed E-state index contributed by atoms with van der Waals surface area (Å²) in [6.45, 7) is 3.38. The van der Waals surface area contributed by atoms with E-state index in [1.807, 2.05) is 55.4 Å². The molecule has 29 heavy (non-hydrogen) atoms. The van der Waals surface area contributed by atoms with Crippen molar-refractivity contribution in [3.8, 4) is 0 Å². The van der Waals surface area contributed by atoms with Gasteiger partial charge in [-0.1, -0.05) is 48.5 Å². The van der Waals surface area contributed by atoms with E-state index >= 15 is 0 Å². The molecule has 6 heteroatoms. The van der Waals surface area contributed by atoms with Gasteiger partial charge in [-0.25, -0.2) is 4.79 Å². The maximum Gasteiger partial charge on any atom is 0.315 e. The molecule has 1 fully saturated rings. The van der Waals surface area contributed by atoms with Crippen LogP contribution in [0.3, 0.4) is 0 Å². The molecule has 154 valence electrons. The number of carbonyl (C=O) groups excluding carboxylic acids is 2. The van der Waals surface area contributed by atoms with Crippen molar-refractivity contribution in [3.63, 3.8) is 0 Å². The average Bonchev–Trinajstić information content (AvgIpc) is 3.11. The number of nitrogens with one attached hydrogen (secondary N) is 2. The fourth-order valence-corrected chi connectivity index (χ4v) is 3.41. The first-order valence-electron chi connectivity index (χ1n) is 10.1. The Bertz CT molecular complexity index is 816. The number of urea groups is 1. The highest BCUT2D eigenvalue weighted by atomic mass is 16.2. The maximum absolute atomic E-state index is 12.1. The summed E-state index contributed by atoms with van der Waals surface area (Å²) in [4.78, 5) is 27.8. The molecule has 3 rings (SSSR count). The van der Waals surface area contributed by atoms with Gasteiger partial charge >= 0.3 is 6.03 Å². The summed E-state index contributed by atoms with van der Waals surface area (Å²) in [6, 6.07) is 16.1. The van der Waals surface area contributed by atoms with Gasteiger partial charge in [0.25, 0.3) is 0 Å². The van der Waals surface area contributed by atoms with Crippen LogP contribution in [0.25, 0.3) is 0 Å². The average molecular weight is 395 g/mol. The van der Waals surface area contributed by atoms with Gasteiger partial charge in [0.05, 0.1) is 0 Å². The molecule has 1 saturated heterocycles. The Morgan fingerprint density at radius 1 is 0.897 bits per heavy atom. The molecule has 3 amide bonds. The van der Waals surface area contributed by atoms with Gasteiger partial charge in [-0.3, -0.25) is 4.79 Å². The van der Waals surface area contributed by atoms with E-state index in [0.717, 1.165) is 36.2 Å². The molecule has 2 N–H and O–H groups in total. The number of hydrogen-bond acceptors (Lipinski definition) is 3. The number of rotatable bonds is 8. The number of likely N-dealkylation sites (tertiary alicyclic amines) is 1. The van der Waals surface area contributed by atoms with Gasteiger partial charge in [-0.2, -0.15) is 0 Å². The molecule has 1 aliphatic heterocycles. The van der Waals surface area contributed by atoms with Crippen LogP contribution in [0.4, 0.5) is 4.79 Å². The summed E-state index contributed by atoms with van der Waals surface area (Å²) in [5, 5.41) is 5.77. The van der Waals surface area contributed by atoms with Crippen molar-refractivity contribution in [1.82, 2.24) is 20.4 Å². The lowest BCUT2D eigenvalue weighted by atomic mass is 10.1. The summed E-state index contributed by atoms with van der Waals surface area (Å²) in [7, 11) is 4.09. The quantitative estimate of drug-likeness (QED) is 0.724. The normalized spacial score (nSPS) is 13.8. The minimum atomic E-state index is -0.186. The molecule has 1 heterocycles. The minimum absolute atomic E-state index is 0.186. The number of benzene rings is 2. The first-order chi connectivity index (χ1) is 14.0. The van der Waals surface area contributed by atoms with Crippen molar-refractivity contribution in [3.05, 3.63) is 70.8 Å². The molecule has 0 spiro atoms. The lowest BCUT2D eigenvalue weighted by Crippen LogP contribution is -2.34. The second kappa shape index (κ2) is 10.1. The molecular weight excluding hydrogens is 364 g/mol. The van der Waals surface area contributed by atoms with E-state index in [-0.39, 0.29) is 11.9 Å². The van der Waals surface area contributed by atoms with Gasteiger partial charge in [-0.05, 0) is 42.8 Å². The predicted molar refractivity (Wildman–Crippen MR) is 114 cm³/mol. The molecule has 0 radical (unpaired) electrons. The summed E-state index contributed by atoms with van der Waals surface area (Å²) in [5.74, 6) is 0.236. The highest BCUT2D eigenvalue weighted by Crippen LogP contribution is 2.14. The topological polar surface area (TPSA) is 64.7 Å². The van der Waals surface area contributed by atoms with Crippen LogP contribution < -0.4 is 10.6 Å². The van der Waals surface area contributed by atoms with E-state index in [4.69, 9.17) is 0 Å². The smallest absolute Gasteiger partial charge is 0.315 e. The Hall–Kier alpha value is -2.86. The van der Waals surface area contributed by atoms with E-state index in [9.17, 15) is 9.59 Å². The van der Waals surface area contributed by atoms with Crippen LogP contribution in [-0.4, -0.2) is 42.4 Å². The molecular formula is C23H30N4O2. The van der Waals surface area contributed by atoms with E-state index in [2.05, 4.69) is 27.7 Å². The van der Waals surface area contributed by atoms with Gasteiger partial charge in [0.1, 0.15) is 0 Å². The molecule has 2 aromatic rings. The van der Waals surface area contributed by atoms with E-state index in [0.29, 0.717) is 26.1 Å². The fraction of sp³-hybridized carbons (Fsp3) is 0.391. The fourth-order valence-electron chi connectivity index (χ4n) is 3.41. The Morgan fingerprint density at radius 3 is 1.90 bits per heavy atom. The highest BCUT2D eigenvalue weighted by molar-refractivity contribution is 5.78. The monoisotopic (exact) mass is 394 g/mol. The highest BCUT2D eigenvalue weighted by Gasteiger charge is 2.19. The predicted octanol–water partition coefficient (Wildman–Crippen LogP) is 2.87. The zero-order valence-corrected chi connectivity index (χ0v) is 17.3. The van der Waals surface area contributed by atoms with Gasteiger partial charge in [-0.15, -0.1) is 0 Å². The van der Waals surface area contributed by atoms with Crippen molar-refractivity contribution < 1.29 is 9.59 Å². The van der Waals surface area contributed by atoms with Crippen molar-refractivity contribution in [2.24, 2.45) is 0 Å². The lowest BCUT2D eigenvalue weighted by molar-refractivity contribution is -0.128. The molecule has 0 saturated carbocycles. The Morgan fingerprint density at radius 2 is 1.41 bits per heavy atom. The summed E-state index contributed by atoms with van der Waals surface area (Å²) in [5.41, 5.74) is 4.47. The molecule has 6 nitrogen and oxygen atoms in total. The second-order valence-electron chi connectivity index (χ2n) is 7.83. The first-order valence-corrected chi connectivity index (χ1v) is 10.1. The number of carbonyl (C=O) groups is 2. The summed E-state index contributed by atoms with van der Waals surface area (Å²) >= 11 is 0. The maximum atomic E-state index is 12.1. The van der Waals surface area contributed by atoms with Crippen molar-refractivity contribution in [2.75, 3.05) is 20.6 Å². The van der Waals surface area contributed by atoms with Crippen LogP contribution in [0.2, 0.25) is 0 Å². The van der Waals surface area contributed by atoms with Crippen LogP contribution in [-0.2, 0) is 31.0 Å². The number of amides is 3. The van der Waals surface area contributed by atoms with Gasteiger partial charge in [0, 0.05) is 39.1 Å². The number of hydrogen-bond donors (Lipinski definition) is 2. The third-order valence-corrected chi connectivity index (χ3v) is 5.00. The van der Waals surface area contributed by atoms with Crippen LogP contribution in [0.5, 0.6) is 0 Å². The first kappa shape index (κ1) is 20.9. The zero-order valence-electron chi connectivity index (χ0n) is 17.3. The van der Waals surface area contributed by atoms with Crippen molar-refractivity contribution in [1.29, 1.82) is 0 Å².